The molecule has 0 bridgehead atoms. The summed E-state index contributed by atoms with van der Waals surface area (Å²) in [6, 6.07) is 1.92. The Balaban J connectivity index is 2.03. The zero-order chi connectivity index (χ0) is 12.5. The van der Waals surface area contributed by atoms with Crippen molar-refractivity contribution in [3.8, 4) is 0 Å². The first-order chi connectivity index (χ1) is 8.20. The molecule has 0 aromatic carbocycles. The second kappa shape index (κ2) is 8.35. The molecule has 1 N–H and O–H groups in total. The van der Waals surface area contributed by atoms with E-state index in [-0.39, 0.29) is 0 Å². The van der Waals surface area contributed by atoms with Gasteiger partial charge in [-0.2, -0.15) is 0 Å². The Bertz CT molecular complexity index is 313. The topological polar surface area (TPSA) is 24.9 Å². The van der Waals surface area contributed by atoms with Crippen LogP contribution in [0.2, 0.25) is 5.02 Å². The number of rotatable bonds is 8. The number of pyridine rings is 1. The minimum absolute atomic E-state index is 0.701. The van der Waals surface area contributed by atoms with E-state index in [1.54, 1.807) is 12.4 Å². The number of aromatic nitrogens is 1. The zero-order valence-corrected chi connectivity index (χ0v) is 11.6. The largest absolute Gasteiger partial charge is 0.384 e. The van der Waals surface area contributed by atoms with E-state index in [1.165, 1.54) is 32.1 Å². The lowest BCUT2D eigenvalue weighted by Crippen LogP contribution is -2.02. The Morgan fingerprint density at radius 2 is 2.00 bits per heavy atom. The van der Waals surface area contributed by atoms with Gasteiger partial charge in [-0.15, -0.1) is 0 Å². The third-order valence-electron chi connectivity index (χ3n) is 2.80. The van der Waals surface area contributed by atoms with Crippen LogP contribution in [0.5, 0.6) is 0 Å². The van der Waals surface area contributed by atoms with Gasteiger partial charge in [0, 0.05) is 18.9 Å². The second-order valence-corrected chi connectivity index (χ2v) is 5.29. The Morgan fingerprint density at radius 3 is 2.71 bits per heavy atom. The third kappa shape index (κ3) is 6.52. The average molecular weight is 255 g/mol. The number of hydrogen-bond acceptors (Lipinski definition) is 2. The average Bonchev–Trinajstić information content (AvgIpc) is 2.30. The summed E-state index contributed by atoms with van der Waals surface area (Å²) in [5.41, 5.74) is 0.990. The van der Waals surface area contributed by atoms with Crippen LogP contribution in [0.25, 0.3) is 0 Å². The van der Waals surface area contributed by atoms with Crippen molar-refractivity contribution in [2.75, 3.05) is 11.9 Å². The molecule has 1 aromatic heterocycles. The quantitative estimate of drug-likeness (QED) is 0.677. The van der Waals surface area contributed by atoms with E-state index in [2.05, 4.69) is 24.1 Å². The molecule has 0 unspecified atom stereocenters. The van der Waals surface area contributed by atoms with Gasteiger partial charge in [0.25, 0.3) is 0 Å². The van der Waals surface area contributed by atoms with Gasteiger partial charge in [-0.25, -0.2) is 0 Å². The van der Waals surface area contributed by atoms with Crippen LogP contribution in [0, 0.1) is 5.92 Å². The van der Waals surface area contributed by atoms with Crippen LogP contribution in [0.1, 0.15) is 46.0 Å². The van der Waals surface area contributed by atoms with Gasteiger partial charge < -0.3 is 5.32 Å². The van der Waals surface area contributed by atoms with Crippen LogP contribution < -0.4 is 5.32 Å². The van der Waals surface area contributed by atoms with Gasteiger partial charge in [-0.3, -0.25) is 4.98 Å². The van der Waals surface area contributed by atoms with Crippen LogP contribution in [0.4, 0.5) is 5.69 Å². The summed E-state index contributed by atoms with van der Waals surface area (Å²) >= 11 is 6.00. The number of halogens is 1. The molecule has 2 nitrogen and oxygen atoms in total. The first kappa shape index (κ1) is 14.3. The molecule has 0 radical (unpaired) electrons. The number of nitrogens with one attached hydrogen (secondary N) is 1. The summed E-state index contributed by atoms with van der Waals surface area (Å²) in [6.07, 6.45) is 9.98. The Kier molecular flexibility index (Phi) is 7.02. The van der Waals surface area contributed by atoms with Gasteiger partial charge in [-0.05, 0) is 18.4 Å². The lowest BCUT2D eigenvalue weighted by atomic mass is 10.0. The Hall–Kier alpha value is -0.760. The molecule has 0 atom stereocenters. The zero-order valence-electron chi connectivity index (χ0n) is 10.9. The summed E-state index contributed by atoms with van der Waals surface area (Å²) in [5, 5.41) is 4.04. The first-order valence-corrected chi connectivity index (χ1v) is 6.91. The molecular weight excluding hydrogens is 232 g/mol. The fourth-order valence-electron chi connectivity index (χ4n) is 1.77. The molecule has 1 aromatic rings. The number of nitrogens with zero attached hydrogens (tertiary/aromatic N) is 1. The summed E-state index contributed by atoms with van der Waals surface area (Å²) in [4.78, 5) is 3.96. The highest BCUT2D eigenvalue weighted by molar-refractivity contribution is 6.33. The molecule has 3 heteroatoms. The van der Waals surface area contributed by atoms with Gasteiger partial charge >= 0.3 is 0 Å². The minimum Gasteiger partial charge on any atom is -0.384 e. The fourth-order valence-corrected chi connectivity index (χ4v) is 1.96. The van der Waals surface area contributed by atoms with Crippen molar-refractivity contribution in [2.45, 2.75) is 46.0 Å². The molecule has 17 heavy (non-hydrogen) atoms. The summed E-state index contributed by atoms with van der Waals surface area (Å²) in [7, 11) is 0. The molecule has 0 saturated heterocycles. The van der Waals surface area contributed by atoms with Crippen molar-refractivity contribution in [1.82, 2.24) is 4.98 Å². The maximum absolute atomic E-state index is 6.00. The SMILES string of the molecule is CC(C)CCCCCCNc1ccncc1Cl. The van der Waals surface area contributed by atoms with Crippen molar-refractivity contribution in [3.63, 3.8) is 0 Å². The Morgan fingerprint density at radius 1 is 1.24 bits per heavy atom. The highest BCUT2D eigenvalue weighted by atomic mass is 35.5. The van der Waals surface area contributed by atoms with Gasteiger partial charge in [0.05, 0.1) is 10.7 Å². The predicted molar refractivity (Wildman–Crippen MR) is 75.7 cm³/mol. The molecule has 0 amide bonds. The van der Waals surface area contributed by atoms with Gasteiger partial charge in [-0.1, -0.05) is 51.1 Å². The smallest absolute Gasteiger partial charge is 0.0820 e. The van der Waals surface area contributed by atoms with E-state index in [0.717, 1.165) is 18.2 Å². The number of hydrogen-bond donors (Lipinski definition) is 1. The van der Waals surface area contributed by atoms with Crippen molar-refractivity contribution in [1.29, 1.82) is 0 Å². The lowest BCUT2D eigenvalue weighted by molar-refractivity contribution is 0.523. The summed E-state index contributed by atoms with van der Waals surface area (Å²) in [5.74, 6) is 0.837. The van der Waals surface area contributed by atoms with E-state index in [4.69, 9.17) is 11.6 Å². The minimum atomic E-state index is 0.701. The molecule has 1 heterocycles. The van der Waals surface area contributed by atoms with Crippen molar-refractivity contribution in [3.05, 3.63) is 23.5 Å². The van der Waals surface area contributed by atoms with E-state index in [9.17, 15) is 0 Å². The molecule has 0 aliphatic carbocycles. The van der Waals surface area contributed by atoms with Gasteiger partial charge in [0.2, 0.25) is 0 Å². The van der Waals surface area contributed by atoms with E-state index in [0.29, 0.717) is 5.02 Å². The normalized spacial score (nSPS) is 10.8. The van der Waals surface area contributed by atoms with Crippen molar-refractivity contribution < 1.29 is 0 Å². The Labute approximate surface area is 110 Å². The third-order valence-corrected chi connectivity index (χ3v) is 3.10. The summed E-state index contributed by atoms with van der Waals surface area (Å²) in [6.45, 7) is 5.56. The molecule has 1 rings (SSSR count). The maximum Gasteiger partial charge on any atom is 0.0820 e. The van der Waals surface area contributed by atoms with E-state index >= 15 is 0 Å². The molecule has 0 aliphatic rings. The standard InChI is InChI=1S/C14H23ClN2/c1-12(2)7-5-3-4-6-9-17-14-8-10-16-11-13(14)15/h8,10-12H,3-7,9H2,1-2H3,(H,16,17). The van der Waals surface area contributed by atoms with Crippen LogP contribution in [-0.2, 0) is 0 Å². The van der Waals surface area contributed by atoms with Crippen LogP contribution in [0.3, 0.4) is 0 Å². The molecule has 0 spiro atoms. The van der Waals surface area contributed by atoms with Crippen molar-refractivity contribution in [2.24, 2.45) is 5.92 Å². The first-order valence-electron chi connectivity index (χ1n) is 6.53. The fraction of sp³-hybridized carbons (Fsp3) is 0.643. The van der Waals surface area contributed by atoms with Crippen LogP contribution in [0.15, 0.2) is 18.5 Å². The monoisotopic (exact) mass is 254 g/mol. The van der Waals surface area contributed by atoms with E-state index < -0.39 is 0 Å². The summed E-state index contributed by atoms with van der Waals surface area (Å²) < 4.78 is 0. The second-order valence-electron chi connectivity index (χ2n) is 4.88. The maximum atomic E-state index is 6.00. The number of anilines is 1. The van der Waals surface area contributed by atoms with Crippen LogP contribution >= 0.6 is 11.6 Å². The molecule has 0 aliphatic heterocycles. The molecule has 0 saturated carbocycles. The molecule has 0 fully saturated rings. The molecular formula is C14H23ClN2. The number of unbranched alkanes of at least 4 members (excludes halogenated alkanes) is 3. The predicted octanol–water partition coefficient (Wildman–Crippen LogP) is 4.75. The molecule has 96 valence electrons. The van der Waals surface area contributed by atoms with Gasteiger partial charge in [0.1, 0.15) is 0 Å². The van der Waals surface area contributed by atoms with Crippen molar-refractivity contribution >= 4 is 17.3 Å². The van der Waals surface area contributed by atoms with E-state index in [1.807, 2.05) is 6.07 Å². The highest BCUT2D eigenvalue weighted by Gasteiger charge is 1.98. The lowest BCUT2D eigenvalue weighted by Gasteiger charge is -2.08. The van der Waals surface area contributed by atoms with Gasteiger partial charge in [0.15, 0.2) is 0 Å². The highest BCUT2D eigenvalue weighted by Crippen LogP contribution is 2.19. The van der Waals surface area contributed by atoms with Crippen LogP contribution in [-0.4, -0.2) is 11.5 Å².